The maximum atomic E-state index is 13.7. The van der Waals surface area contributed by atoms with Crippen LogP contribution in [0.5, 0.6) is 0 Å². The second-order valence-electron chi connectivity index (χ2n) is 9.73. The number of hydrogen-bond acceptors (Lipinski definition) is 4. The fraction of sp³-hybridized carbons (Fsp3) is 0.739. The lowest BCUT2D eigenvalue weighted by molar-refractivity contribution is -0.188. The Morgan fingerprint density at radius 1 is 1.41 bits per heavy atom. The summed E-state index contributed by atoms with van der Waals surface area (Å²) < 4.78 is 5.67. The van der Waals surface area contributed by atoms with Crippen LogP contribution >= 0.6 is 0 Å². The van der Waals surface area contributed by atoms with E-state index in [0.717, 1.165) is 31.1 Å². The van der Waals surface area contributed by atoms with Crippen molar-refractivity contribution < 1.29 is 19.4 Å². The van der Waals surface area contributed by atoms with Crippen LogP contribution in [0.25, 0.3) is 0 Å². The minimum atomic E-state index is -1.02. The summed E-state index contributed by atoms with van der Waals surface area (Å²) in [6.07, 6.45) is 8.44. The summed E-state index contributed by atoms with van der Waals surface area (Å²) in [6, 6.07) is 0. The third-order valence-electron chi connectivity index (χ3n) is 8.72. The van der Waals surface area contributed by atoms with Gasteiger partial charge in [0.2, 0.25) is 0 Å². The molecule has 0 spiro atoms. The molecule has 4 bridgehead atoms. The number of aliphatic hydroxyl groups excluding tert-OH is 1. The average molecular weight is 373 g/mol. The molecule has 0 saturated heterocycles. The molecule has 0 unspecified atom stereocenters. The first-order chi connectivity index (χ1) is 12.9. The van der Waals surface area contributed by atoms with Crippen LogP contribution in [-0.4, -0.2) is 30.6 Å². The molecule has 27 heavy (non-hydrogen) atoms. The normalized spacial score (nSPS) is 46.9. The third kappa shape index (κ3) is 1.88. The van der Waals surface area contributed by atoms with Gasteiger partial charge in [0.15, 0.2) is 0 Å². The topological polar surface area (TPSA) is 63.6 Å². The van der Waals surface area contributed by atoms with Gasteiger partial charge < -0.3 is 14.6 Å². The number of fused-ring (bicyclic) bond motifs is 2. The number of aldehydes is 1. The molecule has 4 aliphatic carbocycles. The van der Waals surface area contributed by atoms with Gasteiger partial charge in [-0.2, -0.15) is 0 Å². The summed E-state index contributed by atoms with van der Waals surface area (Å²) in [5.41, 5.74) is -1.36. The van der Waals surface area contributed by atoms with Gasteiger partial charge in [0.05, 0.1) is 12.0 Å². The van der Waals surface area contributed by atoms with Crippen molar-refractivity contribution in [2.75, 3.05) is 13.2 Å². The quantitative estimate of drug-likeness (QED) is 0.440. The average Bonchev–Trinajstić information content (AvgIpc) is 3.23. The fourth-order valence-electron chi connectivity index (χ4n) is 7.88. The number of esters is 1. The van der Waals surface area contributed by atoms with Crippen LogP contribution in [0.4, 0.5) is 0 Å². The zero-order valence-electron chi connectivity index (χ0n) is 16.7. The fourth-order valence-corrected chi connectivity index (χ4v) is 7.88. The molecular weight excluding hydrogens is 340 g/mol. The molecule has 7 atom stereocenters. The smallest absolute Gasteiger partial charge is 0.318 e. The van der Waals surface area contributed by atoms with E-state index in [1.807, 2.05) is 0 Å². The summed E-state index contributed by atoms with van der Waals surface area (Å²) >= 11 is 0. The molecule has 4 aliphatic rings. The molecule has 1 N–H and O–H groups in total. The number of carbonyl (C=O) groups excluding carboxylic acids is 2. The summed E-state index contributed by atoms with van der Waals surface area (Å²) in [5, 5.41) is 10.7. The van der Waals surface area contributed by atoms with Gasteiger partial charge in [-0.05, 0) is 48.9 Å². The summed E-state index contributed by atoms with van der Waals surface area (Å²) in [7, 11) is 0. The first kappa shape index (κ1) is 18.9. The van der Waals surface area contributed by atoms with E-state index in [0.29, 0.717) is 18.3 Å². The van der Waals surface area contributed by atoms with Gasteiger partial charge in [0.25, 0.3) is 0 Å². The lowest BCUT2D eigenvalue weighted by Gasteiger charge is -2.58. The Labute approximate surface area is 162 Å². The third-order valence-corrected chi connectivity index (χ3v) is 8.72. The lowest BCUT2D eigenvalue weighted by Crippen LogP contribution is -2.63. The first-order valence-electron chi connectivity index (χ1n) is 10.4. The number of rotatable bonds is 6. The molecular formula is C23H32O4. The number of hydrogen-bond donors (Lipinski definition) is 1. The Bertz CT molecular complexity index is 709. The van der Waals surface area contributed by atoms with E-state index in [-0.39, 0.29) is 36.9 Å². The van der Waals surface area contributed by atoms with Crippen LogP contribution < -0.4 is 0 Å². The molecule has 0 aromatic rings. The van der Waals surface area contributed by atoms with Crippen molar-refractivity contribution in [2.24, 2.45) is 45.8 Å². The van der Waals surface area contributed by atoms with Crippen molar-refractivity contribution in [3.63, 3.8) is 0 Å². The minimum Gasteiger partial charge on any atom is -0.461 e. The van der Waals surface area contributed by atoms with Crippen molar-refractivity contribution >= 4 is 12.3 Å². The van der Waals surface area contributed by atoms with Crippen LogP contribution in [0.2, 0.25) is 0 Å². The molecule has 0 aromatic carbocycles. The molecule has 4 rings (SSSR count). The lowest BCUT2D eigenvalue weighted by atomic mass is 9.43. The Morgan fingerprint density at radius 2 is 2.15 bits per heavy atom. The standard InChI is InChI=1S/C23H32O4/c1-5-8-27-20(26)23-19(14(2)3)9-16-10-22(23,13-25)18-7-6-15(4)17(18)11-21(16,23)12-24/h5,9,13-18,24H,1,6-8,10-12H2,2-4H3/t15-,16+,17-,18-,21+,22+,23-/m1/s1. The Balaban J connectivity index is 1.98. The highest BCUT2D eigenvalue weighted by molar-refractivity contribution is 5.91. The van der Waals surface area contributed by atoms with E-state index >= 15 is 0 Å². The zero-order chi connectivity index (χ0) is 19.6. The molecule has 0 amide bonds. The van der Waals surface area contributed by atoms with Gasteiger partial charge in [-0.1, -0.05) is 51.5 Å². The van der Waals surface area contributed by atoms with Crippen molar-refractivity contribution in [1.82, 2.24) is 0 Å². The van der Waals surface area contributed by atoms with Gasteiger partial charge >= 0.3 is 5.97 Å². The second kappa shape index (κ2) is 6.04. The predicted molar refractivity (Wildman–Crippen MR) is 103 cm³/mol. The van der Waals surface area contributed by atoms with E-state index in [1.54, 1.807) is 6.08 Å². The van der Waals surface area contributed by atoms with Crippen molar-refractivity contribution in [3.8, 4) is 0 Å². The zero-order valence-corrected chi connectivity index (χ0v) is 16.7. The number of aliphatic hydroxyl groups is 1. The number of ether oxygens (including phenoxy) is 1. The van der Waals surface area contributed by atoms with Crippen molar-refractivity contribution in [2.45, 2.75) is 46.5 Å². The highest BCUT2D eigenvalue weighted by Gasteiger charge is 2.84. The largest absolute Gasteiger partial charge is 0.461 e. The number of carbonyl (C=O) groups is 2. The van der Waals surface area contributed by atoms with Crippen LogP contribution in [-0.2, 0) is 14.3 Å². The highest BCUT2D eigenvalue weighted by Crippen LogP contribution is 2.82. The van der Waals surface area contributed by atoms with E-state index in [4.69, 9.17) is 4.74 Å². The highest BCUT2D eigenvalue weighted by atomic mass is 16.5. The molecule has 3 fully saturated rings. The predicted octanol–water partition coefficient (Wildman–Crippen LogP) is 3.55. The van der Waals surface area contributed by atoms with Crippen LogP contribution in [0.1, 0.15) is 46.5 Å². The summed E-state index contributed by atoms with van der Waals surface area (Å²) in [4.78, 5) is 26.6. The maximum absolute atomic E-state index is 13.7. The number of allylic oxidation sites excluding steroid dienone is 1. The van der Waals surface area contributed by atoms with Crippen LogP contribution in [0.15, 0.2) is 24.3 Å². The summed E-state index contributed by atoms with van der Waals surface area (Å²) in [6.45, 7) is 10.2. The first-order valence-corrected chi connectivity index (χ1v) is 10.4. The molecule has 3 saturated carbocycles. The van der Waals surface area contributed by atoms with Gasteiger partial charge in [0.1, 0.15) is 18.3 Å². The SMILES string of the molecule is C=CCOC(=O)[C@@]12C(C(C)C)=C[C@H]3C[C@]1(C=O)[C@@H]1CC[C@@H](C)[C@H]1C[C@]32CO. The molecule has 0 radical (unpaired) electrons. The molecule has 0 aliphatic heterocycles. The molecule has 4 heteroatoms. The molecule has 148 valence electrons. The van der Waals surface area contributed by atoms with Gasteiger partial charge in [-0.3, -0.25) is 4.79 Å². The van der Waals surface area contributed by atoms with Crippen LogP contribution in [0, 0.1) is 45.8 Å². The van der Waals surface area contributed by atoms with Crippen molar-refractivity contribution in [1.29, 1.82) is 0 Å². The molecule has 0 heterocycles. The minimum absolute atomic E-state index is 0.0687. The summed E-state index contributed by atoms with van der Waals surface area (Å²) in [5.74, 6) is 1.01. The van der Waals surface area contributed by atoms with E-state index in [2.05, 4.69) is 33.4 Å². The Morgan fingerprint density at radius 3 is 2.74 bits per heavy atom. The maximum Gasteiger partial charge on any atom is 0.318 e. The molecule has 4 nitrogen and oxygen atoms in total. The van der Waals surface area contributed by atoms with Gasteiger partial charge in [-0.15, -0.1) is 0 Å². The molecule has 0 aromatic heterocycles. The van der Waals surface area contributed by atoms with Gasteiger partial charge in [0, 0.05) is 5.41 Å². The van der Waals surface area contributed by atoms with E-state index in [1.165, 1.54) is 0 Å². The Hall–Kier alpha value is -1.42. The Kier molecular flexibility index (Phi) is 4.23. The van der Waals surface area contributed by atoms with Crippen LogP contribution in [0.3, 0.4) is 0 Å². The van der Waals surface area contributed by atoms with E-state index < -0.39 is 16.2 Å². The van der Waals surface area contributed by atoms with Gasteiger partial charge in [-0.25, -0.2) is 0 Å². The van der Waals surface area contributed by atoms with Crippen molar-refractivity contribution in [3.05, 3.63) is 24.3 Å². The van der Waals surface area contributed by atoms with E-state index in [9.17, 15) is 14.7 Å². The monoisotopic (exact) mass is 372 g/mol. The second-order valence-corrected chi connectivity index (χ2v) is 9.73.